The Balaban J connectivity index is 1.90. The highest BCUT2D eigenvalue weighted by Gasteiger charge is 2.26. The molecule has 0 spiro atoms. The van der Waals surface area contributed by atoms with E-state index in [-0.39, 0.29) is 5.82 Å². The van der Waals surface area contributed by atoms with Gasteiger partial charge >= 0.3 is 6.03 Å². The monoisotopic (exact) mass is 399 g/mol. The lowest BCUT2D eigenvalue weighted by Gasteiger charge is -2.15. The van der Waals surface area contributed by atoms with Crippen LogP contribution in [0.15, 0.2) is 59.8 Å². The van der Waals surface area contributed by atoms with E-state index in [0.29, 0.717) is 16.5 Å². The summed E-state index contributed by atoms with van der Waals surface area (Å²) in [5.41, 5.74) is 1.43. The van der Waals surface area contributed by atoms with Crippen molar-refractivity contribution in [3.05, 3.63) is 66.0 Å². The summed E-state index contributed by atoms with van der Waals surface area (Å²) in [6.07, 6.45) is 0. The van der Waals surface area contributed by atoms with E-state index in [0.717, 1.165) is 5.56 Å². The van der Waals surface area contributed by atoms with Gasteiger partial charge in [-0.1, -0.05) is 42.1 Å². The van der Waals surface area contributed by atoms with E-state index in [1.807, 2.05) is 18.2 Å². The van der Waals surface area contributed by atoms with Gasteiger partial charge in [0, 0.05) is 19.7 Å². The van der Waals surface area contributed by atoms with Gasteiger partial charge in [-0.05, 0) is 29.8 Å². The van der Waals surface area contributed by atoms with Gasteiger partial charge in [0.15, 0.2) is 11.0 Å². The number of thioether (sulfide) groups is 1. The largest absolute Gasteiger partial charge is 0.341 e. The third kappa shape index (κ3) is 4.37. The number of rotatable bonds is 5. The van der Waals surface area contributed by atoms with Crippen molar-refractivity contribution in [3.8, 4) is 11.4 Å². The van der Waals surface area contributed by atoms with Crippen molar-refractivity contribution >= 4 is 23.7 Å². The van der Waals surface area contributed by atoms with Crippen LogP contribution in [0.5, 0.6) is 0 Å². The van der Waals surface area contributed by atoms with Crippen molar-refractivity contribution < 1.29 is 14.0 Å². The molecule has 1 atom stereocenters. The summed E-state index contributed by atoms with van der Waals surface area (Å²) in [5.74, 6) is -0.265. The molecule has 0 saturated heterocycles. The van der Waals surface area contributed by atoms with Crippen molar-refractivity contribution in [2.24, 2.45) is 7.05 Å². The Morgan fingerprint density at radius 3 is 2.39 bits per heavy atom. The predicted molar refractivity (Wildman–Crippen MR) is 104 cm³/mol. The molecule has 0 unspecified atom stereocenters. The van der Waals surface area contributed by atoms with Crippen LogP contribution in [0.4, 0.5) is 9.18 Å². The Bertz CT molecular complexity index is 976. The average molecular weight is 399 g/mol. The Labute approximate surface area is 165 Å². The summed E-state index contributed by atoms with van der Waals surface area (Å²) < 4.78 is 14.9. The molecule has 1 aromatic heterocycles. The molecule has 28 heavy (non-hydrogen) atoms. The van der Waals surface area contributed by atoms with Crippen molar-refractivity contribution in [1.29, 1.82) is 0 Å². The highest BCUT2D eigenvalue weighted by atomic mass is 32.2. The van der Waals surface area contributed by atoms with Gasteiger partial charge in [-0.25, -0.2) is 9.18 Å². The maximum absolute atomic E-state index is 13.2. The lowest BCUT2D eigenvalue weighted by molar-refractivity contribution is -0.119. The first-order valence-corrected chi connectivity index (χ1v) is 9.27. The lowest BCUT2D eigenvalue weighted by Crippen LogP contribution is -2.39. The number of imide groups is 1. The van der Waals surface area contributed by atoms with E-state index in [1.54, 1.807) is 35.9 Å². The fourth-order valence-electron chi connectivity index (χ4n) is 2.51. The van der Waals surface area contributed by atoms with E-state index in [4.69, 9.17) is 0 Å². The summed E-state index contributed by atoms with van der Waals surface area (Å²) in [4.78, 5) is 24.2. The van der Waals surface area contributed by atoms with Gasteiger partial charge < -0.3 is 9.88 Å². The second-order valence-electron chi connectivity index (χ2n) is 5.85. The summed E-state index contributed by atoms with van der Waals surface area (Å²) in [6.45, 7) is 0. The fourth-order valence-corrected chi connectivity index (χ4v) is 3.52. The highest BCUT2D eigenvalue weighted by molar-refractivity contribution is 8.00. The molecular weight excluding hydrogens is 381 g/mol. The zero-order valence-electron chi connectivity index (χ0n) is 15.2. The molecule has 9 heteroatoms. The van der Waals surface area contributed by atoms with Crippen LogP contribution in [-0.2, 0) is 11.8 Å². The smallest absolute Gasteiger partial charge is 0.321 e. The molecule has 2 aromatic carbocycles. The van der Waals surface area contributed by atoms with Crippen molar-refractivity contribution in [3.63, 3.8) is 0 Å². The van der Waals surface area contributed by atoms with E-state index < -0.39 is 17.2 Å². The van der Waals surface area contributed by atoms with Gasteiger partial charge in [-0.2, -0.15) is 0 Å². The van der Waals surface area contributed by atoms with Crippen LogP contribution in [-0.4, -0.2) is 33.8 Å². The van der Waals surface area contributed by atoms with Crippen LogP contribution < -0.4 is 10.6 Å². The minimum absolute atomic E-state index is 0.337. The van der Waals surface area contributed by atoms with Crippen LogP contribution in [0.3, 0.4) is 0 Å². The van der Waals surface area contributed by atoms with Gasteiger partial charge in [0.05, 0.1) is 0 Å². The maximum atomic E-state index is 13.2. The van der Waals surface area contributed by atoms with Gasteiger partial charge in [-0.3, -0.25) is 10.1 Å². The summed E-state index contributed by atoms with van der Waals surface area (Å²) in [7, 11) is 3.20. The van der Waals surface area contributed by atoms with E-state index in [1.165, 1.54) is 30.9 Å². The zero-order valence-corrected chi connectivity index (χ0v) is 16.0. The third-order valence-electron chi connectivity index (χ3n) is 3.96. The Morgan fingerprint density at radius 2 is 1.75 bits per heavy atom. The number of hydrogen-bond donors (Lipinski definition) is 2. The zero-order chi connectivity index (χ0) is 20.1. The number of amides is 3. The van der Waals surface area contributed by atoms with Crippen molar-refractivity contribution in [2.45, 2.75) is 10.4 Å². The Hall–Kier alpha value is -3.20. The lowest BCUT2D eigenvalue weighted by atomic mass is 10.1. The van der Waals surface area contributed by atoms with Crippen LogP contribution in [0.2, 0.25) is 0 Å². The topological polar surface area (TPSA) is 88.9 Å². The second kappa shape index (κ2) is 8.66. The first-order valence-electron chi connectivity index (χ1n) is 8.39. The average Bonchev–Trinajstić information content (AvgIpc) is 3.07. The molecule has 0 aliphatic rings. The van der Waals surface area contributed by atoms with Gasteiger partial charge in [0.25, 0.3) is 0 Å². The normalized spacial score (nSPS) is 11.7. The fraction of sp³-hybridized carbons (Fsp3) is 0.158. The molecule has 2 N–H and O–H groups in total. The van der Waals surface area contributed by atoms with Crippen LogP contribution >= 0.6 is 11.8 Å². The van der Waals surface area contributed by atoms with Gasteiger partial charge in [0.1, 0.15) is 11.1 Å². The highest BCUT2D eigenvalue weighted by Crippen LogP contribution is 2.35. The van der Waals surface area contributed by atoms with E-state index >= 15 is 0 Å². The number of nitrogens with zero attached hydrogens (tertiary/aromatic N) is 3. The number of halogens is 1. The molecule has 1 heterocycles. The third-order valence-corrected chi connectivity index (χ3v) is 5.25. The Kier molecular flexibility index (Phi) is 6.05. The molecule has 7 nitrogen and oxygen atoms in total. The molecule has 3 rings (SSSR count). The summed E-state index contributed by atoms with van der Waals surface area (Å²) in [6, 6.07) is 14.4. The molecular formula is C19H18FN5O2S. The minimum atomic E-state index is -0.706. The van der Waals surface area contributed by atoms with E-state index in [9.17, 15) is 14.0 Å². The SMILES string of the molecule is CNC(=O)NC(=O)[C@@H](Sc1nnc(-c2ccc(F)cc2)n1C)c1ccccc1. The molecule has 3 aromatic rings. The van der Waals surface area contributed by atoms with E-state index in [2.05, 4.69) is 20.8 Å². The number of carbonyl (C=O) groups is 2. The van der Waals surface area contributed by atoms with Gasteiger partial charge in [-0.15, -0.1) is 10.2 Å². The summed E-state index contributed by atoms with van der Waals surface area (Å²) in [5, 5.41) is 12.8. The molecule has 0 fully saturated rings. The Morgan fingerprint density at radius 1 is 1.07 bits per heavy atom. The van der Waals surface area contributed by atoms with Crippen molar-refractivity contribution in [2.75, 3.05) is 7.05 Å². The number of hydrogen-bond acceptors (Lipinski definition) is 5. The molecule has 0 bridgehead atoms. The first-order chi connectivity index (χ1) is 13.5. The molecule has 0 aliphatic heterocycles. The molecule has 3 amide bonds. The first kappa shape index (κ1) is 19.6. The minimum Gasteiger partial charge on any atom is -0.341 e. The summed E-state index contributed by atoms with van der Waals surface area (Å²) >= 11 is 1.17. The number of nitrogens with one attached hydrogen (secondary N) is 2. The molecule has 144 valence electrons. The van der Waals surface area contributed by atoms with Crippen LogP contribution in [0.1, 0.15) is 10.8 Å². The number of carbonyl (C=O) groups excluding carboxylic acids is 2. The number of aromatic nitrogens is 3. The number of benzene rings is 2. The van der Waals surface area contributed by atoms with Gasteiger partial charge in [0.2, 0.25) is 5.91 Å². The standard InChI is InChI=1S/C19H18FN5O2S/c1-21-18(27)22-17(26)15(12-6-4-3-5-7-12)28-19-24-23-16(25(19)2)13-8-10-14(20)11-9-13/h3-11,15H,1-2H3,(H2,21,22,26,27)/t15-/m0/s1. The maximum Gasteiger partial charge on any atom is 0.321 e. The molecule has 0 aliphatic carbocycles. The van der Waals surface area contributed by atoms with Crippen molar-refractivity contribution in [1.82, 2.24) is 25.4 Å². The van der Waals surface area contributed by atoms with Crippen LogP contribution in [0.25, 0.3) is 11.4 Å². The quantitative estimate of drug-likeness (QED) is 0.644. The predicted octanol–water partition coefficient (Wildman–Crippen LogP) is 2.91. The number of urea groups is 1. The molecule has 0 saturated carbocycles. The molecule has 0 radical (unpaired) electrons. The van der Waals surface area contributed by atoms with Crippen LogP contribution in [0, 0.1) is 5.82 Å². The second-order valence-corrected chi connectivity index (χ2v) is 6.92.